The highest BCUT2D eigenvalue weighted by molar-refractivity contribution is 5.78. The van der Waals surface area contributed by atoms with E-state index >= 15 is 0 Å². The van der Waals surface area contributed by atoms with Crippen molar-refractivity contribution in [3.63, 3.8) is 0 Å². The minimum Gasteiger partial charge on any atom is -0.497 e. The van der Waals surface area contributed by atoms with Crippen LogP contribution in [0.4, 0.5) is 0 Å². The lowest BCUT2D eigenvalue weighted by atomic mass is 10.1. The normalized spacial score (nSPS) is 11.7. The van der Waals surface area contributed by atoms with Gasteiger partial charge in [0.2, 0.25) is 5.36 Å². The van der Waals surface area contributed by atoms with Crippen LogP contribution in [0.1, 0.15) is 11.1 Å². The molecule has 0 spiro atoms. The fraction of sp³-hybridized carbons (Fsp3) is 0.160. The Morgan fingerprint density at radius 2 is 1.68 bits per heavy atom. The highest BCUT2D eigenvalue weighted by Crippen LogP contribution is 2.24. The van der Waals surface area contributed by atoms with Gasteiger partial charge in [-0.1, -0.05) is 42.0 Å². The van der Waals surface area contributed by atoms with Crippen LogP contribution in [0.5, 0.6) is 5.75 Å². The summed E-state index contributed by atoms with van der Waals surface area (Å²) >= 11 is 0. The van der Waals surface area contributed by atoms with Gasteiger partial charge in [-0.25, -0.2) is 4.99 Å². The lowest BCUT2D eigenvalue weighted by Crippen LogP contribution is -2.77. The summed E-state index contributed by atoms with van der Waals surface area (Å²) in [5.74, 6) is 1.67. The van der Waals surface area contributed by atoms with Crippen molar-refractivity contribution < 1.29 is 14.1 Å². The van der Waals surface area contributed by atoms with E-state index in [9.17, 15) is 0 Å². The van der Waals surface area contributed by atoms with Crippen LogP contribution in [-0.2, 0) is 6.42 Å². The van der Waals surface area contributed by atoms with E-state index in [0.29, 0.717) is 0 Å². The van der Waals surface area contributed by atoms with Crippen LogP contribution in [-0.4, -0.2) is 13.7 Å². The second kappa shape index (κ2) is 8.13. The van der Waals surface area contributed by atoms with Gasteiger partial charge in [-0.3, -0.25) is 0 Å². The lowest BCUT2D eigenvalue weighted by molar-refractivity contribution is -0.498. The maximum atomic E-state index is 6.20. The third kappa shape index (κ3) is 3.99. The summed E-state index contributed by atoms with van der Waals surface area (Å²) in [6.07, 6.45) is 0.970. The summed E-state index contributed by atoms with van der Waals surface area (Å²) in [5, 5.41) is 2.19. The molecule has 3 heteroatoms. The first-order valence-electron chi connectivity index (χ1n) is 9.53. The van der Waals surface area contributed by atoms with Crippen LogP contribution in [0, 0.1) is 6.92 Å². The summed E-state index contributed by atoms with van der Waals surface area (Å²) in [4.78, 5) is 3.61. The maximum Gasteiger partial charge on any atom is 0.213 e. The number of hydrogen-bond acceptors (Lipinski definition) is 2. The molecule has 0 aliphatic carbocycles. The molecule has 28 heavy (non-hydrogen) atoms. The van der Waals surface area contributed by atoms with E-state index in [1.54, 1.807) is 7.11 Å². The third-order valence-electron chi connectivity index (χ3n) is 4.87. The molecule has 140 valence electrons. The monoisotopic (exact) mass is 370 g/mol. The molecule has 0 bridgehead atoms. The van der Waals surface area contributed by atoms with Crippen LogP contribution in [0.2, 0.25) is 0 Å². The summed E-state index contributed by atoms with van der Waals surface area (Å²) in [7, 11) is 1.67. The first-order chi connectivity index (χ1) is 13.7. The number of ether oxygens (including phenoxy) is 1. The largest absolute Gasteiger partial charge is 0.497 e. The Kier molecular flexibility index (Phi) is 5.24. The average molecular weight is 370 g/mol. The van der Waals surface area contributed by atoms with E-state index in [-0.39, 0.29) is 0 Å². The van der Waals surface area contributed by atoms with Gasteiger partial charge in [0.15, 0.2) is 0 Å². The minimum atomic E-state index is 0.834. The Morgan fingerprint density at radius 1 is 0.893 bits per heavy atom. The molecular formula is C25H24NO2+. The summed E-state index contributed by atoms with van der Waals surface area (Å²) < 4.78 is 11.5. The Labute approximate surface area is 165 Å². The van der Waals surface area contributed by atoms with Crippen molar-refractivity contribution in [2.45, 2.75) is 13.3 Å². The molecule has 1 N–H and O–H groups in total. The average Bonchev–Trinajstić information content (AvgIpc) is 2.74. The molecule has 3 nitrogen and oxygen atoms in total. The van der Waals surface area contributed by atoms with Gasteiger partial charge in [-0.15, -0.1) is 0 Å². The number of aryl methyl sites for hydroxylation is 1. The van der Waals surface area contributed by atoms with E-state index in [1.165, 1.54) is 11.1 Å². The standard InChI is InChI=1S/C25H23NO2/c1-18-8-13-24-22(16-18)23(26-15-14-19-6-4-3-5-7-19)17-25(28-24)20-9-11-21(27-2)12-10-20/h3-13,16-17H,14-15H2,1-2H3/p+1. The number of rotatable bonds is 5. The second-order valence-corrected chi connectivity index (χ2v) is 6.91. The topological polar surface area (TPSA) is 36.3 Å². The van der Waals surface area contributed by atoms with Gasteiger partial charge in [-0.05, 0) is 48.9 Å². The van der Waals surface area contributed by atoms with Crippen molar-refractivity contribution in [3.05, 3.63) is 95.3 Å². The van der Waals surface area contributed by atoms with E-state index in [1.807, 2.05) is 36.4 Å². The number of hydrogen-bond donors (Lipinski definition) is 1. The van der Waals surface area contributed by atoms with Crippen LogP contribution >= 0.6 is 0 Å². The fourth-order valence-electron chi connectivity index (χ4n) is 3.33. The van der Waals surface area contributed by atoms with Crippen LogP contribution < -0.4 is 15.1 Å². The molecule has 0 amide bonds. The SMILES string of the molecule is COc1ccc(-c2cc(=[NH+]CCc3ccccc3)c3cc(C)ccc3o2)cc1. The van der Waals surface area contributed by atoms with Crippen molar-refractivity contribution in [2.24, 2.45) is 0 Å². The highest BCUT2D eigenvalue weighted by atomic mass is 16.5. The summed E-state index contributed by atoms with van der Waals surface area (Å²) in [6.45, 7) is 2.96. The highest BCUT2D eigenvalue weighted by Gasteiger charge is 2.09. The molecule has 0 aliphatic rings. The predicted octanol–water partition coefficient (Wildman–Crippen LogP) is 3.64. The van der Waals surface area contributed by atoms with Gasteiger partial charge in [0.1, 0.15) is 23.6 Å². The molecule has 4 rings (SSSR count). The van der Waals surface area contributed by atoms with Crippen LogP contribution in [0.3, 0.4) is 0 Å². The second-order valence-electron chi connectivity index (χ2n) is 6.91. The van der Waals surface area contributed by atoms with E-state index < -0.39 is 0 Å². The van der Waals surface area contributed by atoms with Gasteiger partial charge in [0.25, 0.3) is 0 Å². The van der Waals surface area contributed by atoms with Crippen molar-refractivity contribution >= 4 is 11.0 Å². The predicted molar refractivity (Wildman–Crippen MR) is 112 cm³/mol. The summed E-state index contributed by atoms with van der Waals surface area (Å²) in [6, 6.07) is 26.9. The number of methoxy groups -OCH3 is 1. The van der Waals surface area contributed by atoms with Gasteiger partial charge in [0, 0.05) is 12.0 Å². The molecule has 0 saturated carbocycles. The zero-order chi connectivity index (χ0) is 19.3. The molecule has 0 unspecified atom stereocenters. The van der Waals surface area contributed by atoms with Crippen LogP contribution in [0.25, 0.3) is 22.3 Å². The molecule has 1 heterocycles. The molecule has 4 aromatic rings. The molecule has 0 aliphatic heterocycles. The summed E-state index contributed by atoms with van der Waals surface area (Å²) in [5.41, 5.74) is 4.44. The van der Waals surface area contributed by atoms with E-state index in [0.717, 1.165) is 46.4 Å². The zero-order valence-corrected chi connectivity index (χ0v) is 16.2. The Morgan fingerprint density at radius 3 is 2.43 bits per heavy atom. The van der Waals surface area contributed by atoms with E-state index in [4.69, 9.17) is 9.15 Å². The molecule has 0 fully saturated rings. The van der Waals surface area contributed by atoms with Crippen LogP contribution in [0.15, 0.2) is 83.3 Å². The van der Waals surface area contributed by atoms with Gasteiger partial charge >= 0.3 is 0 Å². The van der Waals surface area contributed by atoms with Gasteiger partial charge in [0.05, 0.1) is 18.6 Å². The first-order valence-corrected chi connectivity index (χ1v) is 9.53. The number of benzene rings is 3. The molecule has 0 atom stereocenters. The lowest BCUT2D eigenvalue weighted by Gasteiger charge is -2.05. The fourth-order valence-corrected chi connectivity index (χ4v) is 3.33. The zero-order valence-electron chi connectivity index (χ0n) is 16.2. The van der Waals surface area contributed by atoms with Gasteiger partial charge in [-0.2, -0.15) is 0 Å². The van der Waals surface area contributed by atoms with Crippen molar-refractivity contribution in [1.82, 2.24) is 0 Å². The van der Waals surface area contributed by atoms with Gasteiger partial charge < -0.3 is 9.15 Å². The van der Waals surface area contributed by atoms with Crippen molar-refractivity contribution in [3.8, 4) is 17.1 Å². The molecular weight excluding hydrogens is 346 g/mol. The Bertz CT molecular complexity index is 1140. The quantitative estimate of drug-likeness (QED) is 0.582. The van der Waals surface area contributed by atoms with E-state index in [2.05, 4.69) is 54.4 Å². The molecule has 3 aromatic carbocycles. The molecule has 0 radical (unpaired) electrons. The minimum absolute atomic E-state index is 0.834. The Balaban J connectivity index is 1.75. The smallest absolute Gasteiger partial charge is 0.213 e. The first kappa shape index (κ1) is 18.1. The third-order valence-corrected chi connectivity index (χ3v) is 4.87. The number of nitrogens with one attached hydrogen (secondary N) is 1. The van der Waals surface area contributed by atoms with Crippen molar-refractivity contribution in [1.29, 1.82) is 0 Å². The van der Waals surface area contributed by atoms with Crippen molar-refractivity contribution in [2.75, 3.05) is 13.7 Å². The Hall–Kier alpha value is -3.33. The molecule has 1 aromatic heterocycles. The molecule has 0 saturated heterocycles. The maximum absolute atomic E-state index is 6.20. The number of fused-ring (bicyclic) bond motifs is 1.